The van der Waals surface area contributed by atoms with Crippen LogP contribution in [0.15, 0.2) is 24.4 Å². The standard InChI is InChI=1S/C9H7FN2S/c1-6-4-8(13-12-6)7-2-3-9(10)11-5-7/h2-5H,1H3. The second-order valence-electron chi connectivity index (χ2n) is 2.70. The van der Waals surface area contributed by atoms with Crippen LogP contribution in [0.2, 0.25) is 0 Å². The summed E-state index contributed by atoms with van der Waals surface area (Å²) in [4.78, 5) is 4.60. The highest BCUT2D eigenvalue weighted by Crippen LogP contribution is 2.23. The Hall–Kier alpha value is -1.29. The van der Waals surface area contributed by atoms with E-state index in [-0.39, 0.29) is 0 Å². The molecule has 2 heterocycles. The van der Waals surface area contributed by atoms with Crippen LogP contribution < -0.4 is 0 Å². The highest BCUT2D eigenvalue weighted by atomic mass is 32.1. The van der Waals surface area contributed by atoms with Crippen molar-refractivity contribution in [3.05, 3.63) is 36.0 Å². The van der Waals surface area contributed by atoms with Gasteiger partial charge >= 0.3 is 0 Å². The Bertz CT molecular complexity index is 408. The summed E-state index contributed by atoms with van der Waals surface area (Å²) in [6.45, 7) is 1.93. The Labute approximate surface area is 79.2 Å². The van der Waals surface area contributed by atoms with Crippen LogP contribution in [0, 0.1) is 12.9 Å². The third-order valence-electron chi connectivity index (χ3n) is 1.64. The fraction of sp³-hybridized carbons (Fsp3) is 0.111. The lowest BCUT2D eigenvalue weighted by Crippen LogP contribution is -1.80. The summed E-state index contributed by atoms with van der Waals surface area (Å²) in [6, 6.07) is 5.01. The zero-order chi connectivity index (χ0) is 9.26. The molecule has 0 aliphatic carbocycles. The number of hydrogen-bond acceptors (Lipinski definition) is 3. The number of aryl methyl sites for hydroxylation is 1. The largest absolute Gasteiger partial charge is 0.228 e. The molecule has 0 aliphatic heterocycles. The molecule has 0 bridgehead atoms. The lowest BCUT2D eigenvalue weighted by Gasteiger charge is -1.93. The number of pyridine rings is 1. The van der Waals surface area contributed by atoms with Crippen molar-refractivity contribution in [3.63, 3.8) is 0 Å². The van der Waals surface area contributed by atoms with Crippen molar-refractivity contribution in [3.8, 4) is 10.4 Å². The van der Waals surface area contributed by atoms with Gasteiger partial charge in [0.25, 0.3) is 0 Å². The summed E-state index contributed by atoms with van der Waals surface area (Å²) >= 11 is 1.40. The van der Waals surface area contributed by atoms with Gasteiger partial charge in [0.2, 0.25) is 5.95 Å². The smallest absolute Gasteiger partial charge is 0.212 e. The molecule has 2 aromatic rings. The Balaban J connectivity index is 2.41. The third kappa shape index (κ3) is 1.72. The van der Waals surface area contributed by atoms with E-state index in [4.69, 9.17) is 0 Å². The van der Waals surface area contributed by atoms with E-state index < -0.39 is 5.95 Å². The fourth-order valence-corrected chi connectivity index (χ4v) is 1.77. The molecule has 2 rings (SSSR count). The number of rotatable bonds is 1. The van der Waals surface area contributed by atoms with Crippen LogP contribution in [0.25, 0.3) is 10.4 Å². The summed E-state index contributed by atoms with van der Waals surface area (Å²) in [6.07, 6.45) is 1.52. The van der Waals surface area contributed by atoms with Crippen LogP contribution in [0.1, 0.15) is 5.69 Å². The van der Waals surface area contributed by atoms with Crippen molar-refractivity contribution in [1.82, 2.24) is 9.36 Å². The maximum Gasteiger partial charge on any atom is 0.212 e. The summed E-state index contributed by atoms with van der Waals surface area (Å²) in [5, 5.41) is 0. The second-order valence-corrected chi connectivity index (χ2v) is 3.51. The quantitative estimate of drug-likeness (QED) is 0.652. The third-order valence-corrected chi connectivity index (χ3v) is 2.57. The maximum atomic E-state index is 12.5. The number of nitrogens with zero attached hydrogens (tertiary/aromatic N) is 2. The van der Waals surface area contributed by atoms with Crippen molar-refractivity contribution >= 4 is 11.5 Å². The van der Waals surface area contributed by atoms with E-state index in [1.807, 2.05) is 13.0 Å². The maximum absolute atomic E-state index is 12.5. The summed E-state index contributed by atoms with van der Waals surface area (Å²) in [7, 11) is 0. The minimum atomic E-state index is -0.454. The van der Waals surface area contributed by atoms with Gasteiger partial charge in [-0.05, 0) is 36.7 Å². The van der Waals surface area contributed by atoms with Gasteiger partial charge in [-0.1, -0.05) is 0 Å². The summed E-state index contributed by atoms with van der Waals surface area (Å²) in [5.74, 6) is -0.454. The predicted molar refractivity (Wildman–Crippen MR) is 50.0 cm³/mol. The highest BCUT2D eigenvalue weighted by molar-refractivity contribution is 7.09. The van der Waals surface area contributed by atoms with E-state index in [0.717, 1.165) is 16.1 Å². The van der Waals surface area contributed by atoms with Crippen molar-refractivity contribution in [1.29, 1.82) is 0 Å². The van der Waals surface area contributed by atoms with E-state index in [0.29, 0.717) is 0 Å². The first kappa shape index (κ1) is 8.31. The van der Waals surface area contributed by atoms with Crippen molar-refractivity contribution in [2.24, 2.45) is 0 Å². The van der Waals surface area contributed by atoms with E-state index in [1.54, 1.807) is 6.07 Å². The molecule has 2 nitrogen and oxygen atoms in total. The molecule has 0 aromatic carbocycles. The molecule has 0 radical (unpaired) electrons. The normalized spacial score (nSPS) is 10.3. The van der Waals surface area contributed by atoms with E-state index in [9.17, 15) is 4.39 Å². The molecule has 2 aromatic heterocycles. The molecule has 0 amide bonds. The molecule has 0 fully saturated rings. The van der Waals surface area contributed by atoms with Crippen molar-refractivity contribution in [2.75, 3.05) is 0 Å². The van der Waals surface area contributed by atoms with Gasteiger partial charge in [-0.15, -0.1) is 0 Å². The minimum absolute atomic E-state index is 0.454. The van der Waals surface area contributed by atoms with Crippen LogP contribution >= 0.6 is 11.5 Å². The van der Waals surface area contributed by atoms with Gasteiger partial charge in [0, 0.05) is 11.8 Å². The lowest BCUT2D eigenvalue weighted by atomic mass is 10.2. The molecule has 0 saturated carbocycles. The lowest BCUT2D eigenvalue weighted by molar-refractivity contribution is 0.584. The highest BCUT2D eigenvalue weighted by Gasteiger charge is 2.01. The SMILES string of the molecule is Cc1cc(-c2ccc(F)nc2)sn1. The van der Waals surface area contributed by atoms with Gasteiger partial charge in [-0.2, -0.15) is 8.76 Å². The second kappa shape index (κ2) is 3.22. The molecule has 0 unspecified atom stereocenters. The fourth-order valence-electron chi connectivity index (χ4n) is 1.02. The molecule has 0 N–H and O–H groups in total. The molecule has 13 heavy (non-hydrogen) atoms. The number of halogens is 1. The van der Waals surface area contributed by atoms with Gasteiger partial charge in [-0.3, -0.25) is 0 Å². The monoisotopic (exact) mass is 194 g/mol. The van der Waals surface area contributed by atoms with Crippen LogP contribution in [-0.2, 0) is 0 Å². The van der Waals surface area contributed by atoms with E-state index in [2.05, 4.69) is 9.36 Å². The van der Waals surface area contributed by atoms with Crippen molar-refractivity contribution in [2.45, 2.75) is 6.92 Å². The number of aromatic nitrogens is 2. The van der Waals surface area contributed by atoms with Crippen LogP contribution in [-0.4, -0.2) is 9.36 Å². The molecule has 4 heteroatoms. The van der Waals surface area contributed by atoms with Gasteiger partial charge in [0.15, 0.2) is 0 Å². The first-order chi connectivity index (χ1) is 6.25. The average Bonchev–Trinajstić information content (AvgIpc) is 2.53. The van der Waals surface area contributed by atoms with E-state index in [1.165, 1.54) is 23.8 Å². The Morgan fingerprint density at radius 1 is 1.38 bits per heavy atom. The number of hydrogen-bond donors (Lipinski definition) is 0. The zero-order valence-electron chi connectivity index (χ0n) is 6.99. The first-order valence-corrected chi connectivity index (χ1v) is 4.58. The first-order valence-electron chi connectivity index (χ1n) is 3.81. The Morgan fingerprint density at radius 2 is 2.23 bits per heavy atom. The molecule has 0 spiro atoms. The van der Waals surface area contributed by atoms with Gasteiger partial charge in [0.1, 0.15) is 0 Å². The molecule has 66 valence electrons. The predicted octanol–water partition coefficient (Wildman–Crippen LogP) is 2.65. The molecular weight excluding hydrogens is 187 g/mol. The topological polar surface area (TPSA) is 25.8 Å². The van der Waals surface area contributed by atoms with Crippen LogP contribution in [0.4, 0.5) is 4.39 Å². The summed E-state index contributed by atoms with van der Waals surface area (Å²) < 4.78 is 16.6. The van der Waals surface area contributed by atoms with Gasteiger partial charge in [-0.25, -0.2) is 4.98 Å². The Kier molecular flexibility index (Phi) is 2.06. The van der Waals surface area contributed by atoms with Crippen LogP contribution in [0.5, 0.6) is 0 Å². The molecule has 0 saturated heterocycles. The average molecular weight is 194 g/mol. The van der Waals surface area contributed by atoms with E-state index >= 15 is 0 Å². The van der Waals surface area contributed by atoms with Gasteiger partial charge < -0.3 is 0 Å². The minimum Gasteiger partial charge on any atom is -0.228 e. The molecule has 0 atom stereocenters. The van der Waals surface area contributed by atoms with Crippen molar-refractivity contribution < 1.29 is 4.39 Å². The van der Waals surface area contributed by atoms with Gasteiger partial charge in [0.05, 0.1) is 10.6 Å². The molecular formula is C9H7FN2S. The zero-order valence-corrected chi connectivity index (χ0v) is 7.81. The summed E-state index contributed by atoms with van der Waals surface area (Å²) in [5.41, 5.74) is 1.89. The van der Waals surface area contributed by atoms with Crippen LogP contribution in [0.3, 0.4) is 0 Å². The Morgan fingerprint density at radius 3 is 2.77 bits per heavy atom. The molecule has 0 aliphatic rings.